The number of nitrogens with one attached hydrogen (secondary N) is 1. The number of hydrogen-bond acceptors (Lipinski definition) is 3. The summed E-state index contributed by atoms with van der Waals surface area (Å²) in [6.07, 6.45) is 0.870. The number of hydrogen-bond donors (Lipinski definition) is 1. The summed E-state index contributed by atoms with van der Waals surface area (Å²) in [6.45, 7) is 1.39. The lowest BCUT2D eigenvalue weighted by Crippen LogP contribution is -2.36. The largest absolute Gasteiger partial charge is 0.380 e. The lowest BCUT2D eigenvalue weighted by molar-refractivity contribution is -0.118. The average Bonchev–Trinajstić information content (AvgIpc) is 2.72. The summed E-state index contributed by atoms with van der Waals surface area (Å²) in [5.41, 5.74) is 2.08. The fourth-order valence-electron chi connectivity index (χ4n) is 2.14. The molecule has 1 aliphatic heterocycles. The highest BCUT2D eigenvalue weighted by Gasteiger charge is 2.30. The Kier molecular flexibility index (Phi) is 3.76. The molecule has 2 rings (SSSR count). The minimum Gasteiger partial charge on any atom is -0.380 e. The number of rotatable bonds is 4. The summed E-state index contributed by atoms with van der Waals surface area (Å²) in [6, 6.07) is 7.92. The molecule has 1 atom stereocenters. The molecule has 17 heavy (non-hydrogen) atoms. The van der Waals surface area contributed by atoms with E-state index in [-0.39, 0.29) is 11.9 Å². The highest BCUT2D eigenvalue weighted by atomic mass is 16.5. The van der Waals surface area contributed by atoms with Crippen molar-refractivity contribution in [2.24, 2.45) is 0 Å². The highest BCUT2D eigenvalue weighted by Crippen LogP contribution is 2.22. The normalized spacial score (nSPS) is 20.0. The first-order valence-electron chi connectivity index (χ1n) is 5.83. The van der Waals surface area contributed by atoms with Crippen molar-refractivity contribution in [1.29, 1.82) is 0 Å². The van der Waals surface area contributed by atoms with Gasteiger partial charge in [-0.15, -0.1) is 0 Å². The van der Waals surface area contributed by atoms with E-state index < -0.39 is 0 Å². The van der Waals surface area contributed by atoms with E-state index in [9.17, 15) is 4.79 Å². The summed E-state index contributed by atoms with van der Waals surface area (Å²) in [4.78, 5) is 13.8. The molecule has 4 heteroatoms. The van der Waals surface area contributed by atoms with Gasteiger partial charge in [0.15, 0.2) is 0 Å². The Morgan fingerprint density at radius 3 is 2.65 bits per heavy atom. The molecule has 1 fully saturated rings. The lowest BCUT2D eigenvalue weighted by atomic mass is 10.2. The van der Waals surface area contributed by atoms with E-state index in [1.165, 1.54) is 0 Å². The summed E-state index contributed by atoms with van der Waals surface area (Å²) in [5, 5.41) is 3.03. The molecule has 1 saturated heterocycles. The number of methoxy groups -OCH3 is 1. The van der Waals surface area contributed by atoms with Crippen molar-refractivity contribution in [1.82, 2.24) is 5.32 Å². The molecule has 1 heterocycles. The third-order valence-corrected chi connectivity index (χ3v) is 3.11. The molecule has 0 spiro atoms. The predicted octanol–water partition coefficient (Wildman–Crippen LogP) is 1.16. The van der Waals surface area contributed by atoms with E-state index in [1.54, 1.807) is 7.11 Å². The van der Waals surface area contributed by atoms with Crippen molar-refractivity contribution in [2.75, 3.05) is 25.6 Å². The van der Waals surface area contributed by atoms with E-state index in [0.717, 1.165) is 24.2 Å². The molecule has 1 N–H and O–H groups in total. The summed E-state index contributed by atoms with van der Waals surface area (Å²) in [5.74, 6) is 0.159. The second-order valence-corrected chi connectivity index (χ2v) is 4.22. The van der Waals surface area contributed by atoms with Crippen LogP contribution >= 0.6 is 0 Å². The van der Waals surface area contributed by atoms with Gasteiger partial charge >= 0.3 is 0 Å². The highest BCUT2D eigenvalue weighted by molar-refractivity contribution is 5.99. The maximum absolute atomic E-state index is 12.0. The zero-order valence-electron chi connectivity index (χ0n) is 10.3. The van der Waals surface area contributed by atoms with Crippen LogP contribution in [0.15, 0.2) is 24.3 Å². The number of carbonyl (C=O) groups excluding carboxylic acids is 1. The van der Waals surface area contributed by atoms with Gasteiger partial charge in [0.1, 0.15) is 0 Å². The molecular weight excluding hydrogens is 216 g/mol. The van der Waals surface area contributed by atoms with Gasteiger partial charge in [-0.25, -0.2) is 0 Å². The van der Waals surface area contributed by atoms with Crippen molar-refractivity contribution >= 4 is 11.6 Å². The molecule has 0 bridgehead atoms. The zero-order chi connectivity index (χ0) is 12.3. The third-order valence-electron chi connectivity index (χ3n) is 3.11. The maximum Gasteiger partial charge on any atom is 0.244 e. The van der Waals surface area contributed by atoms with E-state index in [0.29, 0.717) is 6.61 Å². The second kappa shape index (κ2) is 5.29. The molecule has 4 nitrogen and oxygen atoms in total. The number of anilines is 1. The fourth-order valence-corrected chi connectivity index (χ4v) is 2.14. The lowest BCUT2D eigenvalue weighted by Gasteiger charge is -2.17. The molecule has 1 aliphatic rings. The van der Waals surface area contributed by atoms with Crippen LogP contribution < -0.4 is 10.2 Å². The first kappa shape index (κ1) is 12.1. The van der Waals surface area contributed by atoms with Gasteiger partial charge in [0.05, 0.1) is 12.6 Å². The number of ether oxygens (including phenoxy) is 1. The number of carbonyl (C=O) groups is 1. The Morgan fingerprint density at radius 1 is 1.41 bits per heavy atom. The topological polar surface area (TPSA) is 41.6 Å². The molecule has 0 aliphatic carbocycles. The van der Waals surface area contributed by atoms with E-state index in [2.05, 4.69) is 5.32 Å². The zero-order valence-corrected chi connectivity index (χ0v) is 10.3. The van der Waals surface area contributed by atoms with Crippen LogP contribution in [0.1, 0.15) is 12.0 Å². The Hall–Kier alpha value is -1.39. The van der Waals surface area contributed by atoms with Gasteiger partial charge in [-0.05, 0) is 31.2 Å². The molecule has 0 saturated carbocycles. The maximum atomic E-state index is 12.0. The SMILES string of the molecule is CNC1CCN(c2ccc(COC)cc2)C1=O. The van der Waals surface area contributed by atoms with Gasteiger partial charge in [-0.1, -0.05) is 12.1 Å². The monoisotopic (exact) mass is 234 g/mol. The van der Waals surface area contributed by atoms with Gasteiger partial charge in [-0.3, -0.25) is 4.79 Å². The van der Waals surface area contributed by atoms with E-state index >= 15 is 0 Å². The predicted molar refractivity (Wildman–Crippen MR) is 67.0 cm³/mol. The van der Waals surface area contributed by atoms with Crippen LogP contribution in [-0.2, 0) is 16.1 Å². The minimum atomic E-state index is -0.0337. The van der Waals surface area contributed by atoms with Crippen molar-refractivity contribution in [3.8, 4) is 0 Å². The van der Waals surface area contributed by atoms with Crippen molar-refractivity contribution < 1.29 is 9.53 Å². The quantitative estimate of drug-likeness (QED) is 0.850. The van der Waals surface area contributed by atoms with Crippen LogP contribution in [0.5, 0.6) is 0 Å². The number of benzene rings is 1. The average molecular weight is 234 g/mol. The molecule has 92 valence electrons. The first-order valence-corrected chi connectivity index (χ1v) is 5.83. The molecule has 1 aromatic carbocycles. The minimum absolute atomic E-state index is 0.0337. The van der Waals surface area contributed by atoms with E-state index in [4.69, 9.17) is 4.74 Å². The van der Waals surface area contributed by atoms with Gasteiger partial charge < -0.3 is 15.0 Å². The van der Waals surface area contributed by atoms with Gasteiger partial charge in [-0.2, -0.15) is 0 Å². The Morgan fingerprint density at radius 2 is 2.12 bits per heavy atom. The molecule has 1 amide bonds. The Bertz CT molecular complexity index is 389. The fraction of sp³-hybridized carbons (Fsp3) is 0.462. The van der Waals surface area contributed by atoms with Crippen LogP contribution in [0.3, 0.4) is 0 Å². The summed E-state index contributed by atoms with van der Waals surface area (Å²) >= 11 is 0. The van der Waals surface area contributed by atoms with Crippen LogP contribution in [0, 0.1) is 0 Å². The first-order chi connectivity index (χ1) is 8.26. The van der Waals surface area contributed by atoms with Crippen LogP contribution in [-0.4, -0.2) is 32.7 Å². The molecule has 0 aromatic heterocycles. The summed E-state index contributed by atoms with van der Waals surface area (Å²) in [7, 11) is 3.50. The smallest absolute Gasteiger partial charge is 0.244 e. The van der Waals surface area contributed by atoms with Crippen LogP contribution in [0.25, 0.3) is 0 Å². The molecule has 1 aromatic rings. The number of amides is 1. The van der Waals surface area contributed by atoms with Gasteiger partial charge in [0, 0.05) is 19.3 Å². The molecule has 0 radical (unpaired) electrons. The van der Waals surface area contributed by atoms with Gasteiger partial charge in [0.2, 0.25) is 5.91 Å². The van der Waals surface area contributed by atoms with E-state index in [1.807, 2.05) is 36.2 Å². The van der Waals surface area contributed by atoms with Crippen LogP contribution in [0.4, 0.5) is 5.69 Å². The molecular formula is C13H18N2O2. The molecule has 1 unspecified atom stereocenters. The summed E-state index contributed by atoms with van der Waals surface area (Å²) < 4.78 is 5.06. The standard InChI is InChI=1S/C13H18N2O2/c1-14-12-7-8-15(13(12)16)11-5-3-10(4-6-11)9-17-2/h3-6,12,14H,7-9H2,1-2H3. The third kappa shape index (κ3) is 2.48. The van der Waals surface area contributed by atoms with Crippen molar-refractivity contribution in [3.05, 3.63) is 29.8 Å². The Balaban J connectivity index is 2.10. The number of nitrogens with zero attached hydrogens (tertiary/aromatic N) is 1. The van der Waals surface area contributed by atoms with Crippen molar-refractivity contribution in [3.63, 3.8) is 0 Å². The Labute approximate surface area is 102 Å². The second-order valence-electron chi connectivity index (χ2n) is 4.22. The van der Waals surface area contributed by atoms with Gasteiger partial charge in [0.25, 0.3) is 0 Å². The number of likely N-dealkylation sites (N-methyl/N-ethyl adjacent to an activating group) is 1. The van der Waals surface area contributed by atoms with Crippen molar-refractivity contribution in [2.45, 2.75) is 19.1 Å². The van der Waals surface area contributed by atoms with Crippen LogP contribution in [0.2, 0.25) is 0 Å².